The van der Waals surface area contributed by atoms with Crippen LogP contribution in [-0.4, -0.2) is 31.3 Å². The molecule has 4 nitrogen and oxygen atoms in total. The third kappa shape index (κ3) is 2.17. The molecule has 0 bridgehead atoms. The number of anilines is 1. The maximum atomic E-state index is 6.18. The average molecular weight is 257 g/mol. The molecule has 2 aromatic rings. The number of rotatable bonds is 2. The highest BCUT2D eigenvalue weighted by Crippen LogP contribution is 2.29. The molecule has 0 spiro atoms. The Bertz CT molecular complexity index is 612. The first-order valence-corrected chi connectivity index (χ1v) is 6.59. The highest BCUT2D eigenvalue weighted by atomic mass is 16.5. The molecule has 3 N–H and O–H groups in total. The lowest BCUT2D eigenvalue weighted by atomic mass is 9.99. The molecule has 100 valence electrons. The fourth-order valence-corrected chi connectivity index (χ4v) is 2.77. The van der Waals surface area contributed by atoms with Gasteiger partial charge in [-0.1, -0.05) is 11.6 Å². The third-order valence-corrected chi connectivity index (χ3v) is 3.86. The summed E-state index contributed by atoms with van der Waals surface area (Å²) in [6.07, 6.45) is 0.176. The zero-order valence-corrected chi connectivity index (χ0v) is 11.3. The minimum atomic E-state index is 0.176. The van der Waals surface area contributed by atoms with Crippen molar-refractivity contribution in [1.29, 1.82) is 0 Å². The van der Waals surface area contributed by atoms with E-state index in [1.807, 2.05) is 12.1 Å². The predicted molar refractivity (Wildman–Crippen MR) is 77.3 cm³/mol. The number of nitrogens with two attached hydrogens (primary N) is 1. The molecule has 4 heteroatoms. The van der Waals surface area contributed by atoms with Crippen LogP contribution in [0, 0.1) is 6.92 Å². The van der Waals surface area contributed by atoms with Crippen molar-refractivity contribution in [2.75, 3.05) is 25.9 Å². The number of ether oxygens (including phenoxy) is 1. The maximum Gasteiger partial charge on any atom is 0.0791 e. The van der Waals surface area contributed by atoms with Crippen molar-refractivity contribution >= 4 is 16.6 Å². The van der Waals surface area contributed by atoms with Crippen molar-refractivity contribution in [3.63, 3.8) is 0 Å². The number of nitrogen functional groups attached to an aromatic ring is 1. The van der Waals surface area contributed by atoms with Crippen LogP contribution in [0.25, 0.3) is 10.9 Å². The van der Waals surface area contributed by atoms with Crippen LogP contribution < -0.4 is 11.1 Å². The highest BCUT2D eigenvalue weighted by molar-refractivity contribution is 5.90. The van der Waals surface area contributed by atoms with Gasteiger partial charge in [0, 0.05) is 37.2 Å². The van der Waals surface area contributed by atoms with Gasteiger partial charge >= 0.3 is 0 Å². The second kappa shape index (κ2) is 4.79. The van der Waals surface area contributed by atoms with Crippen molar-refractivity contribution in [2.24, 2.45) is 0 Å². The molecular formula is C15H19N3O. The Morgan fingerprint density at radius 3 is 2.95 bits per heavy atom. The lowest BCUT2D eigenvalue weighted by Gasteiger charge is -2.17. The predicted octanol–water partition coefficient (Wildman–Crippen LogP) is 1.83. The molecule has 3 rings (SSSR count). The molecule has 0 unspecified atom stereocenters. The molecule has 0 aliphatic carbocycles. The molecule has 1 saturated heterocycles. The van der Waals surface area contributed by atoms with Crippen molar-refractivity contribution in [1.82, 2.24) is 10.3 Å². The minimum absolute atomic E-state index is 0.176. The summed E-state index contributed by atoms with van der Waals surface area (Å²) in [4.78, 5) is 4.76. The van der Waals surface area contributed by atoms with Gasteiger partial charge in [-0.3, -0.25) is 4.98 Å². The molecular weight excluding hydrogens is 238 g/mol. The van der Waals surface area contributed by atoms with Crippen LogP contribution in [0.4, 0.5) is 5.69 Å². The smallest absolute Gasteiger partial charge is 0.0791 e. The van der Waals surface area contributed by atoms with Crippen LogP contribution in [-0.2, 0) is 4.74 Å². The van der Waals surface area contributed by atoms with Crippen molar-refractivity contribution in [2.45, 2.75) is 18.9 Å². The molecule has 1 aromatic heterocycles. The van der Waals surface area contributed by atoms with Crippen LogP contribution >= 0.6 is 0 Å². The first-order valence-electron chi connectivity index (χ1n) is 6.59. The third-order valence-electron chi connectivity index (χ3n) is 3.86. The van der Waals surface area contributed by atoms with E-state index < -0.39 is 0 Å². The number of aryl methyl sites for hydroxylation is 1. The van der Waals surface area contributed by atoms with Gasteiger partial charge in [-0.2, -0.15) is 0 Å². The Morgan fingerprint density at radius 2 is 2.16 bits per heavy atom. The Hall–Kier alpha value is -1.65. The number of fused-ring (bicyclic) bond motifs is 1. The number of nitrogens with zero attached hydrogens (tertiary/aromatic N) is 1. The fraction of sp³-hybridized carbons (Fsp3) is 0.400. The molecule has 1 aliphatic heterocycles. The number of hydrogen-bond acceptors (Lipinski definition) is 4. The molecule has 2 heterocycles. The van der Waals surface area contributed by atoms with Gasteiger partial charge in [0.05, 0.1) is 17.3 Å². The summed E-state index contributed by atoms with van der Waals surface area (Å²) in [6, 6.07) is 8.18. The topological polar surface area (TPSA) is 60.2 Å². The SMILES string of the molecule is CO[C@@H]1CNC[C@H]1c1cc(N)c2cc(C)ccc2n1. The Kier molecular flexibility index (Phi) is 3.12. The Morgan fingerprint density at radius 1 is 1.32 bits per heavy atom. The van der Waals surface area contributed by atoms with Crippen LogP contribution in [0.15, 0.2) is 24.3 Å². The molecule has 2 atom stereocenters. The lowest BCUT2D eigenvalue weighted by molar-refractivity contribution is 0.105. The monoisotopic (exact) mass is 257 g/mol. The summed E-state index contributed by atoms with van der Waals surface area (Å²) in [7, 11) is 1.75. The first-order chi connectivity index (χ1) is 9.19. The lowest BCUT2D eigenvalue weighted by Crippen LogP contribution is -2.20. The quantitative estimate of drug-likeness (QED) is 0.861. The van der Waals surface area contributed by atoms with Crippen LogP contribution in [0.1, 0.15) is 17.2 Å². The summed E-state index contributed by atoms with van der Waals surface area (Å²) in [5.74, 6) is 0.276. The van der Waals surface area contributed by atoms with Crippen LogP contribution in [0.2, 0.25) is 0 Å². The van der Waals surface area contributed by atoms with Gasteiger partial charge in [-0.25, -0.2) is 0 Å². The maximum absolute atomic E-state index is 6.18. The van der Waals surface area contributed by atoms with E-state index in [2.05, 4.69) is 24.4 Å². The van der Waals surface area contributed by atoms with Gasteiger partial charge in [0.2, 0.25) is 0 Å². The van der Waals surface area contributed by atoms with Crippen LogP contribution in [0.3, 0.4) is 0 Å². The van der Waals surface area contributed by atoms with Gasteiger partial charge in [-0.15, -0.1) is 0 Å². The fourth-order valence-electron chi connectivity index (χ4n) is 2.77. The van der Waals surface area contributed by atoms with Gasteiger partial charge in [0.1, 0.15) is 0 Å². The van der Waals surface area contributed by atoms with E-state index in [1.54, 1.807) is 7.11 Å². The zero-order chi connectivity index (χ0) is 13.4. The number of pyridine rings is 1. The second-order valence-electron chi connectivity index (χ2n) is 5.20. The van der Waals surface area contributed by atoms with Crippen molar-refractivity contribution in [3.8, 4) is 0 Å². The first kappa shape index (κ1) is 12.4. The van der Waals surface area contributed by atoms with Crippen molar-refractivity contribution < 1.29 is 4.74 Å². The summed E-state index contributed by atoms with van der Waals surface area (Å²) < 4.78 is 5.51. The van der Waals surface area contributed by atoms with E-state index in [0.717, 1.165) is 35.4 Å². The van der Waals surface area contributed by atoms with Gasteiger partial charge in [0.25, 0.3) is 0 Å². The summed E-state index contributed by atoms with van der Waals surface area (Å²) in [5.41, 5.74) is 10.2. The summed E-state index contributed by atoms with van der Waals surface area (Å²) >= 11 is 0. The van der Waals surface area contributed by atoms with E-state index in [-0.39, 0.29) is 12.0 Å². The Balaban J connectivity index is 2.08. The molecule has 19 heavy (non-hydrogen) atoms. The Labute approximate surface area is 113 Å². The van der Waals surface area contributed by atoms with E-state index >= 15 is 0 Å². The number of nitrogens with one attached hydrogen (secondary N) is 1. The average Bonchev–Trinajstić information content (AvgIpc) is 2.87. The van der Waals surface area contributed by atoms with E-state index in [0.29, 0.717) is 0 Å². The molecule has 0 amide bonds. The van der Waals surface area contributed by atoms with Gasteiger partial charge in [-0.05, 0) is 25.1 Å². The molecule has 1 aromatic carbocycles. The number of aromatic nitrogens is 1. The van der Waals surface area contributed by atoms with Crippen molar-refractivity contribution in [3.05, 3.63) is 35.5 Å². The van der Waals surface area contributed by atoms with Gasteiger partial charge < -0.3 is 15.8 Å². The second-order valence-corrected chi connectivity index (χ2v) is 5.20. The molecule has 0 saturated carbocycles. The van der Waals surface area contributed by atoms with E-state index in [4.69, 9.17) is 15.5 Å². The molecule has 0 radical (unpaired) electrons. The number of benzene rings is 1. The molecule has 1 aliphatic rings. The largest absolute Gasteiger partial charge is 0.398 e. The van der Waals surface area contributed by atoms with E-state index in [1.165, 1.54) is 5.56 Å². The number of hydrogen-bond donors (Lipinski definition) is 2. The normalized spacial score (nSPS) is 23.1. The summed E-state index contributed by atoms with van der Waals surface area (Å²) in [6.45, 7) is 3.83. The summed E-state index contributed by atoms with van der Waals surface area (Å²) in [5, 5.41) is 4.37. The standard InChI is InChI=1S/C15H19N3O/c1-9-3-4-13-10(5-9)12(16)6-14(18-13)11-7-17-8-15(11)19-2/h3-6,11,15,17H,7-8H2,1-2H3,(H2,16,18)/t11-,15+/m0/s1. The van der Waals surface area contributed by atoms with Crippen LogP contribution in [0.5, 0.6) is 0 Å². The zero-order valence-electron chi connectivity index (χ0n) is 11.3. The highest BCUT2D eigenvalue weighted by Gasteiger charge is 2.29. The number of methoxy groups -OCH3 is 1. The minimum Gasteiger partial charge on any atom is -0.398 e. The van der Waals surface area contributed by atoms with E-state index in [9.17, 15) is 0 Å². The molecule has 1 fully saturated rings. The van der Waals surface area contributed by atoms with Gasteiger partial charge in [0.15, 0.2) is 0 Å².